The zero-order valence-electron chi connectivity index (χ0n) is 8.32. The van der Waals surface area contributed by atoms with E-state index in [1.54, 1.807) is 0 Å². The van der Waals surface area contributed by atoms with E-state index in [0.29, 0.717) is 12.6 Å². The summed E-state index contributed by atoms with van der Waals surface area (Å²) < 4.78 is 4.57. The fraction of sp³-hybridized carbons (Fsp3) is 0.889. The molecular formula is C9H18N2O2. The number of hydrogen-bond donors (Lipinski definition) is 1. The Morgan fingerprint density at radius 2 is 2.46 bits per heavy atom. The minimum Gasteiger partial charge on any atom is -0.468 e. The van der Waals surface area contributed by atoms with Crippen molar-refractivity contribution in [1.82, 2.24) is 4.90 Å². The lowest BCUT2D eigenvalue weighted by Gasteiger charge is -2.23. The normalized spacial score (nSPS) is 25.9. The zero-order valence-corrected chi connectivity index (χ0v) is 8.32. The van der Waals surface area contributed by atoms with Gasteiger partial charge in [-0.1, -0.05) is 0 Å². The molecule has 0 aromatic heterocycles. The highest BCUT2D eigenvalue weighted by Crippen LogP contribution is 2.15. The van der Waals surface area contributed by atoms with Crippen molar-refractivity contribution in [3.05, 3.63) is 0 Å². The number of esters is 1. The second-order valence-corrected chi connectivity index (χ2v) is 3.62. The van der Waals surface area contributed by atoms with E-state index in [4.69, 9.17) is 5.73 Å². The van der Waals surface area contributed by atoms with E-state index in [-0.39, 0.29) is 5.97 Å². The first kappa shape index (κ1) is 10.5. The lowest BCUT2D eigenvalue weighted by Crippen LogP contribution is -2.44. The Kier molecular flexibility index (Phi) is 3.69. The van der Waals surface area contributed by atoms with Gasteiger partial charge in [0.25, 0.3) is 0 Å². The first-order chi connectivity index (χ1) is 6.15. The third kappa shape index (κ3) is 2.67. The van der Waals surface area contributed by atoms with Gasteiger partial charge in [-0.15, -0.1) is 0 Å². The quantitative estimate of drug-likeness (QED) is 0.629. The zero-order chi connectivity index (χ0) is 9.84. The van der Waals surface area contributed by atoms with Crippen LogP contribution in [0.3, 0.4) is 0 Å². The molecule has 1 aliphatic heterocycles. The summed E-state index contributed by atoms with van der Waals surface area (Å²) in [6.45, 7) is 3.83. The average Bonchev–Trinajstić information content (AvgIpc) is 2.50. The second-order valence-electron chi connectivity index (χ2n) is 3.62. The van der Waals surface area contributed by atoms with E-state index >= 15 is 0 Å². The highest BCUT2D eigenvalue weighted by molar-refractivity contribution is 5.75. The number of nitrogens with two attached hydrogens (primary N) is 1. The number of carbonyl (C=O) groups is 1. The van der Waals surface area contributed by atoms with Crippen LogP contribution in [-0.2, 0) is 9.53 Å². The van der Waals surface area contributed by atoms with Crippen LogP contribution in [0, 0.1) is 0 Å². The predicted octanol–water partition coefficient (Wildman–Crippen LogP) is -0.0290. The molecule has 1 saturated heterocycles. The van der Waals surface area contributed by atoms with Crippen molar-refractivity contribution in [2.75, 3.05) is 20.2 Å². The molecule has 76 valence electrons. The summed E-state index contributed by atoms with van der Waals surface area (Å²) >= 11 is 0. The van der Waals surface area contributed by atoms with Crippen molar-refractivity contribution < 1.29 is 9.53 Å². The van der Waals surface area contributed by atoms with Crippen LogP contribution < -0.4 is 5.73 Å². The van der Waals surface area contributed by atoms with Gasteiger partial charge in [-0.3, -0.25) is 9.69 Å². The maximum Gasteiger partial charge on any atom is 0.323 e. The number of likely N-dealkylation sites (tertiary alicyclic amines) is 1. The number of hydrogen-bond acceptors (Lipinski definition) is 4. The van der Waals surface area contributed by atoms with Crippen LogP contribution >= 0.6 is 0 Å². The summed E-state index contributed by atoms with van der Waals surface area (Å²) in [6.07, 6.45) is 2.41. The maximum atomic E-state index is 11.0. The van der Waals surface area contributed by atoms with Gasteiger partial charge in [0.2, 0.25) is 0 Å². The standard InChI is InChI=1S/C9H18N2O2/c1-7-4-3-5-11(7)6-8(10)9(12)13-2/h7-8H,3-6,10H2,1-2H3. The molecule has 1 fully saturated rings. The van der Waals surface area contributed by atoms with Gasteiger partial charge in [0, 0.05) is 12.6 Å². The van der Waals surface area contributed by atoms with E-state index in [9.17, 15) is 4.79 Å². The fourth-order valence-electron chi connectivity index (χ4n) is 1.74. The van der Waals surface area contributed by atoms with Crippen LogP contribution in [-0.4, -0.2) is 43.2 Å². The average molecular weight is 186 g/mol. The molecule has 13 heavy (non-hydrogen) atoms. The van der Waals surface area contributed by atoms with Gasteiger partial charge < -0.3 is 10.5 Å². The first-order valence-electron chi connectivity index (χ1n) is 4.72. The summed E-state index contributed by atoms with van der Waals surface area (Å²) in [5, 5.41) is 0. The van der Waals surface area contributed by atoms with Gasteiger partial charge >= 0.3 is 5.97 Å². The summed E-state index contributed by atoms with van der Waals surface area (Å²) in [7, 11) is 1.37. The van der Waals surface area contributed by atoms with Gasteiger partial charge in [0.05, 0.1) is 7.11 Å². The van der Waals surface area contributed by atoms with Crippen LogP contribution in [0.5, 0.6) is 0 Å². The number of ether oxygens (including phenoxy) is 1. The second kappa shape index (κ2) is 4.58. The largest absolute Gasteiger partial charge is 0.468 e. The Labute approximate surface area is 79.0 Å². The van der Waals surface area contributed by atoms with Crippen LogP contribution in [0.15, 0.2) is 0 Å². The molecule has 0 bridgehead atoms. The molecule has 0 amide bonds. The summed E-state index contributed by atoms with van der Waals surface area (Å²) in [6, 6.07) is 0.0567. The summed E-state index contributed by atoms with van der Waals surface area (Å²) in [5.41, 5.74) is 5.65. The topological polar surface area (TPSA) is 55.6 Å². The SMILES string of the molecule is COC(=O)C(N)CN1CCCC1C. The number of methoxy groups -OCH3 is 1. The van der Waals surface area contributed by atoms with Crippen molar-refractivity contribution in [3.8, 4) is 0 Å². The van der Waals surface area contributed by atoms with Crippen molar-refractivity contribution in [2.45, 2.75) is 31.8 Å². The molecule has 0 radical (unpaired) electrons. The molecule has 0 saturated carbocycles. The van der Waals surface area contributed by atoms with Crippen LogP contribution in [0.1, 0.15) is 19.8 Å². The van der Waals surface area contributed by atoms with E-state index < -0.39 is 6.04 Å². The molecular weight excluding hydrogens is 168 g/mol. The van der Waals surface area contributed by atoms with Crippen molar-refractivity contribution in [3.63, 3.8) is 0 Å². The molecule has 0 aliphatic carbocycles. The smallest absolute Gasteiger partial charge is 0.323 e. The lowest BCUT2D eigenvalue weighted by atomic mass is 10.2. The van der Waals surface area contributed by atoms with Crippen molar-refractivity contribution >= 4 is 5.97 Å². The summed E-state index contributed by atoms with van der Waals surface area (Å²) in [4.78, 5) is 13.3. The van der Waals surface area contributed by atoms with E-state index in [2.05, 4.69) is 16.6 Å². The minimum atomic E-state index is -0.495. The van der Waals surface area contributed by atoms with Crippen molar-refractivity contribution in [2.24, 2.45) is 5.73 Å². The summed E-state index contributed by atoms with van der Waals surface area (Å²) in [5.74, 6) is -0.320. The number of nitrogens with zero attached hydrogens (tertiary/aromatic N) is 1. The van der Waals surface area contributed by atoms with Crippen LogP contribution in [0.2, 0.25) is 0 Å². The monoisotopic (exact) mass is 186 g/mol. The van der Waals surface area contributed by atoms with E-state index in [1.165, 1.54) is 20.0 Å². The van der Waals surface area contributed by atoms with E-state index in [1.807, 2.05) is 0 Å². The predicted molar refractivity (Wildman–Crippen MR) is 50.3 cm³/mol. The molecule has 1 heterocycles. The minimum absolute atomic E-state index is 0.320. The van der Waals surface area contributed by atoms with Gasteiger partial charge in [-0.25, -0.2) is 0 Å². The Hall–Kier alpha value is -0.610. The Balaban J connectivity index is 2.34. The third-order valence-electron chi connectivity index (χ3n) is 2.63. The maximum absolute atomic E-state index is 11.0. The molecule has 2 atom stereocenters. The van der Waals surface area contributed by atoms with Gasteiger partial charge in [-0.2, -0.15) is 0 Å². The van der Waals surface area contributed by atoms with E-state index in [0.717, 1.165) is 6.54 Å². The van der Waals surface area contributed by atoms with Gasteiger partial charge in [0.15, 0.2) is 0 Å². The number of carbonyl (C=O) groups excluding carboxylic acids is 1. The highest BCUT2D eigenvalue weighted by Gasteiger charge is 2.24. The highest BCUT2D eigenvalue weighted by atomic mass is 16.5. The molecule has 2 unspecified atom stereocenters. The third-order valence-corrected chi connectivity index (χ3v) is 2.63. The molecule has 4 nitrogen and oxygen atoms in total. The number of rotatable bonds is 3. The van der Waals surface area contributed by atoms with Gasteiger partial charge in [0.1, 0.15) is 6.04 Å². The molecule has 1 aliphatic rings. The lowest BCUT2D eigenvalue weighted by molar-refractivity contribution is -0.142. The molecule has 0 aromatic carbocycles. The van der Waals surface area contributed by atoms with Crippen molar-refractivity contribution in [1.29, 1.82) is 0 Å². The molecule has 4 heteroatoms. The van der Waals surface area contributed by atoms with Crippen LogP contribution in [0.4, 0.5) is 0 Å². The van der Waals surface area contributed by atoms with Crippen LogP contribution in [0.25, 0.3) is 0 Å². The molecule has 1 rings (SSSR count). The molecule has 0 aromatic rings. The Bertz CT molecular complexity index is 184. The molecule has 2 N–H and O–H groups in total. The van der Waals surface area contributed by atoms with Gasteiger partial charge in [-0.05, 0) is 26.3 Å². The first-order valence-corrected chi connectivity index (χ1v) is 4.72. The molecule has 0 spiro atoms. The fourth-order valence-corrected chi connectivity index (χ4v) is 1.74. The Morgan fingerprint density at radius 3 is 2.92 bits per heavy atom. The Morgan fingerprint density at radius 1 is 1.77 bits per heavy atom.